The number of hydrogen-bond donors (Lipinski definition) is 1. The van der Waals surface area contributed by atoms with Gasteiger partial charge in [-0.05, 0) is 107 Å². The van der Waals surface area contributed by atoms with Crippen LogP contribution in [0.3, 0.4) is 0 Å². The summed E-state index contributed by atoms with van der Waals surface area (Å²) in [4.78, 5) is 29.1. The fourth-order valence-electron chi connectivity index (χ4n) is 5.61. The van der Waals surface area contributed by atoms with Crippen LogP contribution in [0.25, 0.3) is 0 Å². The molecule has 1 amide bonds. The van der Waals surface area contributed by atoms with Crippen molar-refractivity contribution in [2.24, 2.45) is 0 Å². The highest BCUT2D eigenvalue weighted by atomic mass is 127. The molecule has 2 radical (unpaired) electrons. The van der Waals surface area contributed by atoms with Crippen molar-refractivity contribution in [2.45, 2.75) is 69.6 Å². The highest BCUT2D eigenvalue weighted by molar-refractivity contribution is 14.2. The molecule has 0 heterocycles. The number of thioether (sulfide) groups is 1. The highest BCUT2D eigenvalue weighted by Gasteiger charge is 2.24. The van der Waals surface area contributed by atoms with Crippen molar-refractivity contribution < 1.29 is 14.7 Å². The van der Waals surface area contributed by atoms with Gasteiger partial charge >= 0.3 is 0 Å². The van der Waals surface area contributed by atoms with Crippen LogP contribution in [0.5, 0.6) is 5.75 Å². The van der Waals surface area contributed by atoms with Crippen molar-refractivity contribution in [1.82, 2.24) is 0 Å². The van der Waals surface area contributed by atoms with Crippen molar-refractivity contribution >= 4 is 74.5 Å². The summed E-state index contributed by atoms with van der Waals surface area (Å²) in [5.74, 6) is 0.154. The Morgan fingerprint density at radius 2 is 1.45 bits per heavy atom. The SMILES string of the molecule is [B]P(I)c1cc(SC(=O)CCCCC(=O)N(c2ccccc2)c2ccc3c(c2)Cc2ccccc2C3)c(O)c(C(C)(C)C)c1. The standard InChI is InChI=1S/C36H36BINO3PS/c1-36(2,3)31-22-30(43(37)38)23-32(35(31)42)44-34(41)16-10-9-15-33(40)39(28-13-5-4-6-14-28)29-18-17-26-19-24-11-7-8-12-25(24)20-27(26)21-29/h4-8,11-14,17-18,21-23,42H,9-10,15-16,19-20H2,1-3H3. The molecule has 0 bridgehead atoms. The van der Waals surface area contributed by atoms with E-state index in [4.69, 9.17) is 7.57 Å². The van der Waals surface area contributed by atoms with Crippen LogP contribution >= 0.6 is 39.2 Å². The number of rotatable bonds is 9. The molecule has 0 aromatic heterocycles. The first-order chi connectivity index (χ1) is 21.0. The van der Waals surface area contributed by atoms with E-state index < -0.39 is 5.44 Å². The molecule has 5 rings (SSSR count). The van der Waals surface area contributed by atoms with Crippen LogP contribution in [0, 0.1) is 0 Å². The number of carbonyl (C=O) groups excluding carboxylic acids is 2. The summed E-state index contributed by atoms with van der Waals surface area (Å²) in [6, 6.07) is 28.5. The van der Waals surface area contributed by atoms with Gasteiger partial charge in [0.15, 0.2) is 5.12 Å². The number of fused-ring (bicyclic) bond motifs is 2. The van der Waals surface area contributed by atoms with Crippen LogP contribution < -0.4 is 10.2 Å². The number of anilines is 2. The average molecular weight is 731 g/mol. The summed E-state index contributed by atoms with van der Waals surface area (Å²) in [5, 5.41) is 11.9. The Morgan fingerprint density at radius 3 is 2.11 bits per heavy atom. The lowest BCUT2D eigenvalue weighted by molar-refractivity contribution is -0.118. The minimum Gasteiger partial charge on any atom is -0.506 e. The minimum absolute atomic E-state index is 0.00553. The number of hydrogen-bond acceptors (Lipinski definition) is 4. The number of halogens is 1. The third-order valence-electron chi connectivity index (χ3n) is 7.95. The fraction of sp³-hybridized carbons (Fsp3) is 0.278. The van der Waals surface area contributed by atoms with Gasteiger partial charge in [0.1, 0.15) is 13.3 Å². The van der Waals surface area contributed by atoms with E-state index in [9.17, 15) is 14.7 Å². The summed E-state index contributed by atoms with van der Waals surface area (Å²) in [7, 11) is 6.20. The molecule has 1 N–H and O–H groups in total. The van der Waals surface area contributed by atoms with Crippen LogP contribution in [0.2, 0.25) is 0 Å². The largest absolute Gasteiger partial charge is 0.506 e. The molecule has 1 aliphatic carbocycles. The summed E-state index contributed by atoms with van der Waals surface area (Å²) >= 11 is 3.27. The molecule has 8 heteroatoms. The van der Waals surface area contributed by atoms with Gasteiger partial charge in [-0.15, -0.1) is 0 Å². The normalized spacial score (nSPS) is 13.1. The monoisotopic (exact) mass is 731 g/mol. The molecule has 44 heavy (non-hydrogen) atoms. The summed E-state index contributed by atoms with van der Waals surface area (Å²) in [6.45, 7) is 6.10. The first kappa shape index (κ1) is 32.8. The number of aromatic hydroxyl groups is 1. The second-order valence-electron chi connectivity index (χ2n) is 12.2. The van der Waals surface area contributed by atoms with Gasteiger partial charge in [-0.3, -0.25) is 14.5 Å². The average Bonchev–Trinajstić information content (AvgIpc) is 2.99. The van der Waals surface area contributed by atoms with Gasteiger partial charge in [-0.1, -0.05) is 96.8 Å². The van der Waals surface area contributed by atoms with Crippen molar-refractivity contribution in [3.8, 4) is 5.75 Å². The molecule has 1 aliphatic rings. The molecule has 0 saturated carbocycles. The zero-order valence-corrected chi connectivity index (χ0v) is 29.2. The van der Waals surface area contributed by atoms with Gasteiger partial charge < -0.3 is 5.11 Å². The van der Waals surface area contributed by atoms with Crippen LogP contribution in [0.15, 0.2) is 89.8 Å². The fourth-order valence-corrected chi connectivity index (χ4v) is 7.92. The molecule has 0 fully saturated rings. The zero-order chi connectivity index (χ0) is 31.4. The quantitative estimate of drug-likeness (QED) is 0.0540. The topological polar surface area (TPSA) is 57.6 Å². The minimum atomic E-state index is -0.901. The second-order valence-corrected chi connectivity index (χ2v) is 17.6. The van der Waals surface area contributed by atoms with Crippen LogP contribution in [0.1, 0.15) is 74.3 Å². The van der Waals surface area contributed by atoms with Crippen LogP contribution in [-0.4, -0.2) is 23.7 Å². The number of nitrogens with zero attached hydrogens (tertiary/aromatic N) is 1. The molecule has 0 aliphatic heterocycles. The molecule has 1 atom stereocenters. The Balaban J connectivity index is 1.25. The maximum absolute atomic E-state index is 13.7. The first-order valence-corrected chi connectivity index (χ1v) is 19.9. The Morgan fingerprint density at radius 1 is 0.841 bits per heavy atom. The number of carbonyl (C=O) groups is 2. The first-order valence-electron chi connectivity index (χ1n) is 14.9. The Labute approximate surface area is 280 Å². The predicted molar refractivity (Wildman–Crippen MR) is 195 cm³/mol. The van der Waals surface area contributed by atoms with E-state index in [-0.39, 0.29) is 22.2 Å². The number of para-hydroxylation sites is 1. The van der Waals surface area contributed by atoms with Crippen molar-refractivity contribution in [3.05, 3.63) is 113 Å². The van der Waals surface area contributed by atoms with Gasteiger partial charge in [0.25, 0.3) is 0 Å². The molecule has 0 saturated heterocycles. The van der Waals surface area contributed by atoms with Crippen molar-refractivity contribution in [1.29, 1.82) is 0 Å². The third kappa shape index (κ3) is 7.78. The highest BCUT2D eigenvalue weighted by Crippen LogP contribution is 2.44. The van der Waals surface area contributed by atoms with E-state index in [0.29, 0.717) is 30.6 Å². The van der Waals surface area contributed by atoms with E-state index in [0.717, 1.165) is 46.8 Å². The van der Waals surface area contributed by atoms with Crippen molar-refractivity contribution in [2.75, 3.05) is 4.90 Å². The van der Waals surface area contributed by atoms with E-state index in [2.05, 4.69) is 58.4 Å². The summed E-state index contributed by atoms with van der Waals surface area (Å²) in [6.07, 6.45) is 3.59. The lowest BCUT2D eigenvalue weighted by Gasteiger charge is -2.26. The molecule has 4 aromatic carbocycles. The van der Waals surface area contributed by atoms with E-state index in [1.54, 1.807) is 0 Å². The number of phenolic OH excluding ortho intramolecular Hbond substituents is 1. The summed E-state index contributed by atoms with van der Waals surface area (Å²) in [5.41, 5.74) is 6.56. The van der Waals surface area contributed by atoms with Crippen LogP contribution in [0.4, 0.5) is 11.4 Å². The molecular formula is C36H36BINO3PS. The number of amides is 1. The molecule has 4 nitrogen and oxygen atoms in total. The molecule has 1 unspecified atom stereocenters. The van der Waals surface area contributed by atoms with Gasteiger partial charge in [0.05, 0.1) is 4.90 Å². The second kappa shape index (κ2) is 14.2. The third-order valence-corrected chi connectivity index (χ3v) is 11.3. The van der Waals surface area contributed by atoms with Crippen LogP contribution in [-0.2, 0) is 27.8 Å². The Bertz CT molecular complexity index is 1670. The molecule has 224 valence electrons. The smallest absolute Gasteiger partial charge is 0.231 e. The van der Waals surface area contributed by atoms with Crippen molar-refractivity contribution in [3.63, 3.8) is 0 Å². The predicted octanol–water partition coefficient (Wildman–Crippen LogP) is 9.27. The van der Waals surface area contributed by atoms with Gasteiger partial charge in [0.2, 0.25) is 5.91 Å². The zero-order valence-electron chi connectivity index (χ0n) is 25.3. The van der Waals surface area contributed by atoms with E-state index in [1.165, 1.54) is 22.3 Å². The van der Waals surface area contributed by atoms with Gasteiger partial charge in [-0.2, -0.15) is 0 Å². The summed E-state index contributed by atoms with van der Waals surface area (Å²) < 4.78 is 0. The molecular weight excluding hydrogens is 695 g/mol. The maximum atomic E-state index is 13.7. The maximum Gasteiger partial charge on any atom is 0.231 e. The molecule has 0 spiro atoms. The van der Waals surface area contributed by atoms with Gasteiger partial charge in [0, 0.05) is 29.8 Å². The number of phenols is 1. The van der Waals surface area contributed by atoms with E-state index >= 15 is 0 Å². The Hall–Kier alpha value is -2.61. The number of unbranched alkanes of at least 4 members (excludes halogenated alkanes) is 1. The lowest BCUT2D eigenvalue weighted by atomic mass is 9.86. The lowest BCUT2D eigenvalue weighted by Crippen LogP contribution is -2.26. The number of benzene rings is 4. The molecule has 4 aromatic rings. The Kier molecular flexibility index (Phi) is 10.6. The van der Waals surface area contributed by atoms with E-state index in [1.807, 2.05) is 74.2 Å². The van der Waals surface area contributed by atoms with Gasteiger partial charge in [-0.25, -0.2) is 0 Å².